The molecule has 0 aromatic rings. The molecule has 94 valence electrons. The molecule has 0 saturated heterocycles. The molecule has 0 aliphatic rings. The summed E-state index contributed by atoms with van der Waals surface area (Å²) in [6.07, 6.45) is 3.92. The molecule has 17 heavy (non-hydrogen) atoms. The van der Waals surface area contributed by atoms with E-state index in [4.69, 9.17) is 0 Å². The fourth-order valence-electron chi connectivity index (χ4n) is 1.96. The van der Waals surface area contributed by atoms with Crippen LogP contribution in [-0.4, -0.2) is 49.7 Å². The molecule has 0 fully saturated rings. The van der Waals surface area contributed by atoms with Crippen molar-refractivity contribution < 1.29 is 19.8 Å². The van der Waals surface area contributed by atoms with Crippen molar-refractivity contribution in [2.24, 2.45) is 11.3 Å². The molecule has 0 radical (unpaired) electrons. The number of carboxylic acid groups (broad SMARTS) is 2. The topological polar surface area (TPSA) is 80.3 Å². The van der Waals surface area contributed by atoms with Crippen LogP contribution < -0.4 is 10.2 Å². The zero-order chi connectivity index (χ0) is 12.8. The zero-order valence-electron chi connectivity index (χ0n) is 11.0. The quantitative estimate of drug-likeness (QED) is 0.344. The number of unbranched alkanes of at least 4 members (excludes halogenated alkanes) is 2. The molecule has 0 bridgehead atoms. The third-order valence-corrected chi connectivity index (χ3v) is 3.31. The Labute approximate surface area is 133 Å². The number of aliphatic carboxylic acids is 2. The van der Waals surface area contributed by atoms with Crippen LogP contribution in [0, 0.1) is 11.3 Å². The minimum absolute atomic E-state index is 0. The predicted molar refractivity (Wildman–Crippen MR) is 61.8 cm³/mol. The fraction of sp³-hybridized carbons (Fsp3) is 0.833. The van der Waals surface area contributed by atoms with Gasteiger partial charge in [0.2, 0.25) is 0 Å². The monoisotopic (exact) mass is 268 g/mol. The molecule has 0 heterocycles. The van der Waals surface area contributed by atoms with Crippen molar-refractivity contribution in [1.29, 1.82) is 0 Å². The van der Waals surface area contributed by atoms with Gasteiger partial charge in [-0.3, -0.25) is 0 Å². The Morgan fingerprint density at radius 3 is 1.88 bits per heavy atom. The Morgan fingerprint density at radius 1 is 1.12 bits per heavy atom. The largest absolute Gasteiger partial charge is 2.00 e. The summed E-state index contributed by atoms with van der Waals surface area (Å²) in [6.45, 7) is 5.02. The van der Waals surface area contributed by atoms with Crippen molar-refractivity contribution >= 4 is 49.7 Å². The smallest absolute Gasteiger partial charge is 0.549 e. The molecule has 4 nitrogen and oxygen atoms in total. The molecule has 1 unspecified atom stereocenters. The van der Waals surface area contributed by atoms with Crippen molar-refractivity contribution in [3.05, 3.63) is 0 Å². The Balaban J connectivity index is 0. The van der Waals surface area contributed by atoms with Crippen LogP contribution in [0.25, 0.3) is 0 Å². The first-order valence-corrected chi connectivity index (χ1v) is 5.84. The zero-order valence-corrected chi connectivity index (χ0v) is 13.2. The van der Waals surface area contributed by atoms with E-state index in [-0.39, 0.29) is 37.7 Å². The molecule has 0 aromatic heterocycles. The Bertz CT molecular complexity index is 239. The number of hydrogen-bond donors (Lipinski definition) is 0. The van der Waals surface area contributed by atoms with Gasteiger partial charge in [-0.25, -0.2) is 0 Å². The molecule has 0 N–H and O–H groups in total. The van der Waals surface area contributed by atoms with Gasteiger partial charge in [-0.1, -0.05) is 39.5 Å². The first-order chi connectivity index (χ1) is 7.41. The van der Waals surface area contributed by atoms with E-state index in [1.807, 2.05) is 6.92 Å². The molecule has 0 aliphatic carbocycles. The van der Waals surface area contributed by atoms with Crippen LogP contribution in [0.15, 0.2) is 0 Å². The number of hydrogen-bond acceptors (Lipinski definition) is 4. The van der Waals surface area contributed by atoms with E-state index in [9.17, 15) is 19.8 Å². The average molecular weight is 268 g/mol. The SMILES string of the molecule is CCCCCC(CC)C(C)(C(=O)[O-])C(=O)[O-].[Ca+2]. The second-order valence-electron chi connectivity index (χ2n) is 4.38. The second kappa shape index (κ2) is 9.17. The third kappa shape index (κ3) is 5.14. The van der Waals surface area contributed by atoms with Gasteiger partial charge < -0.3 is 19.8 Å². The molecule has 0 saturated carbocycles. The summed E-state index contributed by atoms with van der Waals surface area (Å²) in [5.74, 6) is -3.51. The summed E-state index contributed by atoms with van der Waals surface area (Å²) < 4.78 is 0. The van der Waals surface area contributed by atoms with E-state index in [1.165, 1.54) is 6.92 Å². The molecular weight excluding hydrogens is 248 g/mol. The van der Waals surface area contributed by atoms with Gasteiger partial charge in [0.25, 0.3) is 0 Å². The molecule has 1 atom stereocenters. The van der Waals surface area contributed by atoms with Crippen molar-refractivity contribution in [1.82, 2.24) is 0 Å². The van der Waals surface area contributed by atoms with Crippen LogP contribution in [0.3, 0.4) is 0 Å². The normalized spacial score (nSPS) is 12.6. The van der Waals surface area contributed by atoms with Crippen LogP contribution in [0.4, 0.5) is 0 Å². The van der Waals surface area contributed by atoms with Crippen LogP contribution in [0.2, 0.25) is 0 Å². The summed E-state index contributed by atoms with van der Waals surface area (Å²) in [4.78, 5) is 21.9. The second-order valence-corrected chi connectivity index (χ2v) is 4.38. The Morgan fingerprint density at radius 2 is 1.59 bits per heavy atom. The van der Waals surface area contributed by atoms with Crippen LogP contribution in [0.1, 0.15) is 52.9 Å². The van der Waals surface area contributed by atoms with Crippen molar-refractivity contribution in [3.8, 4) is 0 Å². The van der Waals surface area contributed by atoms with E-state index < -0.39 is 23.3 Å². The maximum Gasteiger partial charge on any atom is 2.00 e. The van der Waals surface area contributed by atoms with Crippen LogP contribution in [-0.2, 0) is 9.59 Å². The van der Waals surface area contributed by atoms with Gasteiger partial charge in [0.1, 0.15) is 0 Å². The summed E-state index contributed by atoms with van der Waals surface area (Å²) in [5, 5.41) is 21.9. The average Bonchev–Trinajstić information content (AvgIpc) is 2.23. The first-order valence-electron chi connectivity index (χ1n) is 5.84. The predicted octanol–water partition coefficient (Wildman–Crippen LogP) is -0.282. The summed E-state index contributed by atoms with van der Waals surface area (Å²) in [5.41, 5.74) is -1.87. The summed E-state index contributed by atoms with van der Waals surface area (Å²) >= 11 is 0. The van der Waals surface area contributed by atoms with Gasteiger partial charge in [0.15, 0.2) is 0 Å². The third-order valence-electron chi connectivity index (χ3n) is 3.31. The van der Waals surface area contributed by atoms with E-state index in [1.54, 1.807) is 6.92 Å². The van der Waals surface area contributed by atoms with Gasteiger partial charge in [-0.2, -0.15) is 0 Å². The van der Waals surface area contributed by atoms with Crippen molar-refractivity contribution in [3.63, 3.8) is 0 Å². The fourth-order valence-corrected chi connectivity index (χ4v) is 1.96. The van der Waals surface area contributed by atoms with Gasteiger partial charge >= 0.3 is 37.7 Å². The minimum Gasteiger partial charge on any atom is -0.549 e. The van der Waals surface area contributed by atoms with Crippen LogP contribution >= 0.6 is 0 Å². The molecule has 0 rings (SSSR count). The first kappa shape index (κ1) is 19.5. The van der Waals surface area contributed by atoms with Gasteiger partial charge in [0, 0.05) is 5.41 Å². The maximum absolute atomic E-state index is 11.0. The summed E-state index contributed by atoms with van der Waals surface area (Å²) in [6, 6.07) is 0. The number of carbonyl (C=O) groups excluding carboxylic acids is 2. The molecule has 0 aliphatic heterocycles. The Kier molecular flexibility index (Phi) is 10.5. The number of carboxylic acids is 2. The molecule has 5 heteroatoms. The number of carbonyl (C=O) groups is 2. The molecule has 0 aromatic carbocycles. The molecule has 0 spiro atoms. The van der Waals surface area contributed by atoms with Crippen molar-refractivity contribution in [2.75, 3.05) is 0 Å². The van der Waals surface area contributed by atoms with E-state index >= 15 is 0 Å². The molecule has 0 amide bonds. The maximum atomic E-state index is 11.0. The van der Waals surface area contributed by atoms with E-state index in [2.05, 4.69) is 0 Å². The number of rotatable bonds is 8. The van der Waals surface area contributed by atoms with Gasteiger partial charge in [0.05, 0.1) is 11.9 Å². The standard InChI is InChI=1S/C12H22O4.Ca/c1-4-6-7-8-9(5-2)12(3,10(13)14)11(15)16;/h9H,4-8H2,1-3H3,(H,13,14)(H,15,16);/q;+2/p-2. The minimum atomic E-state index is -1.87. The van der Waals surface area contributed by atoms with Crippen LogP contribution in [0.5, 0.6) is 0 Å². The van der Waals surface area contributed by atoms with Gasteiger partial charge in [-0.05, 0) is 19.3 Å². The Hall–Kier alpha value is 0.200. The van der Waals surface area contributed by atoms with E-state index in [0.717, 1.165) is 19.3 Å². The summed E-state index contributed by atoms with van der Waals surface area (Å²) in [7, 11) is 0. The van der Waals surface area contributed by atoms with E-state index in [0.29, 0.717) is 12.8 Å². The van der Waals surface area contributed by atoms with Crippen molar-refractivity contribution in [2.45, 2.75) is 52.9 Å². The van der Waals surface area contributed by atoms with Gasteiger partial charge in [-0.15, -0.1) is 0 Å². The molecular formula is C12H20CaO4.